The Bertz CT molecular complexity index is 244. The summed E-state index contributed by atoms with van der Waals surface area (Å²) in [6.45, 7) is 0.152. The minimum atomic E-state index is 0.126. The molecule has 0 fully saturated rings. The highest BCUT2D eigenvalue weighted by Gasteiger charge is 2.04. The average Bonchev–Trinajstić information content (AvgIpc) is 2.17. The van der Waals surface area contributed by atoms with Crippen molar-refractivity contribution in [1.82, 2.24) is 5.32 Å². The number of benzene rings is 1. The smallest absolute Gasteiger partial charge is 0.0587 e. The number of hydrogen-bond donors (Lipinski definition) is 2. The molecular formula is C10H14ClNO. The first kappa shape index (κ1) is 10.5. The van der Waals surface area contributed by atoms with Gasteiger partial charge in [0, 0.05) is 11.1 Å². The van der Waals surface area contributed by atoms with Gasteiger partial charge in [0.05, 0.1) is 6.61 Å². The number of aliphatic hydroxyl groups is 1. The maximum Gasteiger partial charge on any atom is 0.0587 e. The van der Waals surface area contributed by atoms with Crippen molar-refractivity contribution in [2.45, 2.75) is 12.5 Å². The minimum absolute atomic E-state index is 0.126. The van der Waals surface area contributed by atoms with Gasteiger partial charge in [-0.3, -0.25) is 0 Å². The van der Waals surface area contributed by atoms with Crippen LogP contribution in [0.3, 0.4) is 0 Å². The molecule has 0 saturated carbocycles. The van der Waals surface area contributed by atoms with Crippen molar-refractivity contribution in [3.05, 3.63) is 34.9 Å². The zero-order valence-corrected chi connectivity index (χ0v) is 8.38. The molecule has 0 aliphatic carbocycles. The largest absolute Gasteiger partial charge is 0.395 e. The highest BCUT2D eigenvalue weighted by atomic mass is 35.5. The van der Waals surface area contributed by atoms with Crippen molar-refractivity contribution < 1.29 is 5.11 Å². The van der Waals surface area contributed by atoms with Gasteiger partial charge in [0.1, 0.15) is 0 Å². The number of rotatable bonds is 4. The highest BCUT2D eigenvalue weighted by molar-refractivity contribution is 6.30. The van der Waals surface area contributed by atoms with Crippen LogP contribution >= 0.6 is 11.6 Å². The number of hydrogen-bond acceptors (Lipinski definition) is 2. The molecular weight excluding hydrogens is 186 g/mol. The van der Waals surface area contributed by atoms with Crippen molar-refractivity contribution in [1.29, 1.82) is 0 Å². The summed E-state index contributed by atoms with van der Waals surface area (Å²) in [6, 6.07) is 7.80. The first-order valence-electron chi connectivity index (χ1n) is 4.29. The molecule has 1 aromatic carbocycles. The molecule has 3 heteroatoms. The van der Waals surface area contributed by atoms with Gasteiger partial charge in [-0.15, -0.1) is 0 Å². The molecule has 0 bridgehead atoms. The van der Waals surface area contributed by atoms with Gasteiger partial charge >= 0.3 is 0 Å². The second kappa shape index (κ2) is 5.22. The Hall–Kier alpha value is -0.570. The van der Waals surface area contributed by atoms with E-state index < -0.39 is 0 Å². The van der Waals surface area contributed by atoms with Crippen molar-refractivity contribution >= 4 is 11.6 Å². The summed E-state index contributed by atoms with van der Waals surface area (Å²) in [5, 5.41) is 12.7. The van der Waals surface area contributed by atoms with Gasteiger partial charge in [0.25, 0.3) is 0 Å². The molecule has 0 spiro atoms. The molecule has 13 heavy (non-hydrogen) atoms. The molecule has 1 aromatic rings. The van der Waals surface area contributed by atoms with E-state index in [9.17, 15) is 0 Å². The predicted molar refractivity (Wildman–Crippen MR) is 55.1 cm³/mol. The molecule has 0 radical (unpaired) electrons. The third kappa shape index (κ3) is 3.35. The van der Waals surface area contributed by atoms with Crippen LogP contribution in [0.5, 0.6) is 0 Å². The minimum Gasteiger partial charge on any atom is -0.395 e. The van der Waals surface area contributed by atoms with Crippen molar-refractivity contribution in [3.63, 3.8) is 0 Å². The number of aliphatic hydroxyl groups excluding tert-OH is 1. The lowest BCUT2D eigenvalue weighted by molar-refractivity contribution is 0.248. The van der Waals surface area contributed by atoms with Gasteiger partial charge in [-0.2, -0.15) is 0 Å². The topological polar surface area (TPSA) is 32.3 Å². The normalized spacial score (nSPS) is 12.8. The Morgan fingerprint density at radius 2 is 2.00 bits per heavy atom. The predicted octanol–water partition coefficient (Wildman–Crippen LogP) is 1.46. The highest BCUT2D eigenvalue weighted by Crippen LogP contribution is 2.10. The maximum absolute atomic E-state index is 8.95. The molecule has 0 amide bonds. The zero-order valence-electron chi connectivity index (χ0n) is 7.63. The Kier molecular flexibility index (Phi) is 4.22. The van der Waals surface area contributed by atoms with E-state index in [0.717, 1.165) is 11.4 Å². The summed E-state index contributed by atoms with van der Waals surface area (Å²) in [6.07, 6.45) is 0.824. The van der Waals surface area contributed by atoms with Gasteiger partial charge < -0.3 is 10.4 Å². The first-order chi connectivity index (χ1) is 6.26. The van der Waals surface area contributed by atoms with Crippen LogP contribution in [-0.2, 0) is 6.42 Å². The van der Waals surface area contributed by atoms with E-state index in [2.05, 4.69) is 5.32 Å². The van der Waals surface area contributed by atoms with Crippen LogP contribution in [0, 0.1) is 0 Å². The quantitative estimate of drug-likeness (QED) is 0.770. The number of nitrogens with one attached hydrogen (secondary N) is 1. The summed E-state index contributed by atoms with van der Waals surface area (Å²) in [5.41, 5.74) is 1.18. The number of halogens is 1. The zero-order chi connectivity index (χ0) is 9.68. The Morgan fingerprint density at radius 3 is 2.46 bits per heavy atom. The van der Waals surface area contributed by atoms with Gasteiger partial charge in [-0.25, -0.2) is 0 Å². The van der Waals surface area contributed by atoms with Crippen LogP contribution in [0.25, 0.3) is 0 Å². The van der Waals surface area contributed by atoms with Crippen LogP contribution in [0.4, 0.5) is 0 Å². The van der Waals surface area contributed by atoms with Crippen molar-refractivity contribution in [2.24, 2.45) is 0 Å². The molecule has 0 aromatic heterocycles. The van der Waals surface area contributed by atoms with E-state index in [-0.39, 0.29) is 12.6 Å². The van der Waals surface area contributed by atoms with Gasteiger partial charge in [-0.05, 0) is 31.2 Å². The lowest BCUT2D eigenvalue weighted by atomic mass is 10.1. The first-order valence-corrected chi connectivity index (χ1v) is 4.66. The molecule has 0 aliphatic rings. The van der Waals surface area contributed by atoms with Crippen LogP contribution in [0.2, 0.25) is 5.02 Å². The van der Waals surface area contributed by atoms with Crippen molar-refractivity contribution in [2.75, 3.05) is 13.7 Å². The number of likely N-dealkylation sites (N-methyl/N-ethyl adjacent to an activating group) is 1. The van der Waals surface area contributed by atoms with Gasteiger partial charge in [0.15, 0.2) is 0 Å². The van der Waals surface area contributed by atoms with Crippen LogP contribution < -0.4 is 5.32 Å². The van der Waals surface area contributed by atoms with E-state index in [1.165, 1.54) is 5.56 Å². The van der Waals surface area contributed by atoms with E-state index in [4.69, 9.17) is 16.7 Å². The SMILES string of the molecule is CN[C@@H](CO)Cc1ccc(Cl)cc1. The van der Waals surface area contributed by atoms with E-state index in [0.29, 0.717) is 0 Å². The molecule has 0 unspecified atom stereocenters. The Labute approximate surface area is 83.5 Å². The fourth-order valence-corrected chi connectivity index (χ4v) is 1.29. The molecule has 0 aliphatic heterocycles. The van der Waals surface area contributed by atoms with E-state index >= 15 is 0 Å². The maximum atomic E-state index is 8.95. The van der Waals surface area contributed by atoms with Crippen molar-refractivity contribution in [3.8, 4) is 0 Å². The second-order valence-electron chi connectivity index (χ2n) is 3.00. The van der Waals surface area contributed by atoms with Gasteiger partial charge in [-0.1, -0.05) is 23.7 Å². The average molecular weight is 200 g/mol. The van der Waals surface area contributed by atoms with Crippen LogP contribution in [-0.4, -0.2) is 24.8 Å². The Balaban J connectivity index is 2.58. The second-order valence-corrected chi connectivity index (χ2v) is 3.44. The molecule has 0 heterocycles. The summed E-state index contributed by atoms with van der Waals surface area (Å²) in [4.78, 5) is 0. The third-order valence-corrected chi connectivity index (χ3v) is 2.28. The molecule has 72 valence electrons. The lowest BCUT2D eigenvalue weighted by Gasteiger charge is -2.12. The van der Waals surface area contributed by atoms with Crippen LogP contribution in [0.15, 0.2) is 24.3 Å². The Morgan fingerprint density at radius 1 is 1.38 bits per heavy atom. The summed E-state index contributed by atoms with van der Waals surface area (Å²) in [5.74, 6) is 0. The molecule has 2 nitrogen and oxygen atoms in total. The van der Waals surface area contributed by atoms with Gasteiger partial charge in [0.2, 0.25) is 0 Å². The standard InChI is InChI=1S/C10H14ClNO/c1-12-10(7-13)6-8-2-4-9(11)5-3-8/h2-5,10,12-13H,6-7H2,1H3/t10-/m1/s1. The monoisotopic (exact) mass is 199 g/mol. The summed E-state index contributed by atoms with van der Waals surface area (Å²) < 4.78 is 0. The van der Waals surface area contributed by atoms with E-state index in [1.54, 1.807) is 0 Å². The lowest BCUT2D eigenvalue weighted by Crippen LogP contribution is -2.31. The molecule has 1 atom stereocenters. The fourth-order valence-electron chi connectivity index (χ4n) is 1.16. The fraction of sp³-hybridized carbons (Fsp3) is 0.400. The summed E-state index contributed by atoms with van der Waals surface area (Å²) >= 11 is 5.75. The molecule has 2 N–H and O–H groups in total. The third-order valence-electron chi connectivity index (χ3n) is 2.02. The van der Waals surface area contributed by atoms with E-state index in [1.807, 2.05) is 31.3 Å². The molecule has 1 rings (SSSR count). The molecule has 0 saturated heterocycles. The van der Waals surface area contributed by atoms with Crippen LogP contribution in [0.1, 0.15) is 5.56 Å². The summed E-state index contributed by atoms with van der Waals surface area (Å²) in [7, 11) is 1.84.